The summed E-state index contributed by atoms with van der Waals surface area (Å²) in [5.41, 5.74) is 0.805. The van der Waals surface area contributed by atoms with Crippen LogP contribution in [0.25, 0.3) is 6.08 Å². The number of carbonyl (C=O) groups excluding carboxylic acids is 3. The van der Waals surface area contributed by atoms with Crippen molar-refractivity contribution in [3.05, 3.63) is 42.0 Å². The number of hydrogen-bond donors (Lipinski definition) is 1. The number of benzene rings is 1. The number of nitrogens with one attached hydrogen (secondary N) is 1. The van der Waals surface area contributed by atoms with Crippen LogP contribution in [-0.4, -0.2) is 29.7 Å². The van der Waals surface area contributed by atoms with E-state index in [-0.39, 0.29) is 6.54 Å². The summed E-state index contributed by atoms with van der Waals surface area (Å²) >= 11 is 0. The molecule has 1 rings (SSSR count). The molecule has 0 radical (unpaired) electrons. The Morgan fingerprint density at radius 1 is 1.32 bits per heavy atom. The van der Waals surface area contributed by atoms with Gasteiger partial charge in [-0.05, 0) is 11.6 Å². The minimum atomic E-state index is -0.808. The number of aldehydes is 1. The summed E-state index contributed by atoms with van der Waals surface area (Å²) < 4.78 is 0. The Kier molecular flexibility index (Phi) is 5.57. The fourth-order valence-corrected chi connectivity index (χ4v) is 1.30. The second-order valence-electron chi connectivity index (χ2n) is 3.43. The Labute approximate surface area is 110 Å². The first-order valence-corrected chi connectivity index (χ1v) is 5.43. The summed E-state index contributed by atoms with van der Waals surface area (Å²) in [6.07, 6.45) is 8.10. The van der Waals surface area contributed by atoms with Gasteiger partial charge in [0.15, 0.2) is 0 Å². The topological polar surface area (TPSA) is 66.5 Å². The Morgan fingerprint density at radius 3 is 2.58 bits per heavy atom. The lowest BCUT2D eigenvalue weighted by Gasteiger charge is -2.14. The summed E-state index contributed by atoms with van der Waals surface area (Å²) in [5, 5.41) is 2.01. The minimum Gasteiger partial charge on any atom is -0.301 e. The lowest BCUT2D eigenvalue weighted by Crippen LogP contribution is -2.42. The van der Waals surface area contributed by atoms with Crippen LogP contribution in [0.4, 0.5) is 4.79 Å². The molecule has 0 atom stereocenters. The standard InChI is InChI=1S/C14H12N2O3/c1-2-15-14(19)16(10-11-17)13(18)9-8-12-6-4-3-5-7-12/h1,3-9,11H,10H2,(H,15,19). The van der Waals surface area contributed by atoms with E-state index < -0.39 is 11.9 Å². The van der Waals surface area contributed by atoms with Gasteiger partial charge in [0.2, 0.25) is 0 Å². The Balaban J connectivity index is 2.78. The fourth-order valence-electron chi connectivity index (χ4n) is 1.30. The van der Waals surface area contributed by atoms with Gasteiger partial charge in [0.25, 0.3) is 5.91 Å². The lowest BCUT2D eigenvalue weighted by atomic mass is 10.2. The molecule has 0 aliphatic rings. The molecule has 0 spiro atoms. The summed E-state index contributed by atoms with van der Waals surface area (Å²) in [4.78, 5) is 34.4. The van der Waals surface area contributed by atoms with Crippen LogP contribution in [0.5, 0.6) is 0 Å². The largest absolute Gasteiger partial charge is 0.336 e. The SMILES string of the molecule is C#CNC(=O)N(CC=O)C(=O)C=Cc1ccccc1. The molecule has 1 aromatic carbocycles. The zero-order valence-electron chi connectivity index (χ0n) is 10.1. The number of rotatable bonds is 4. The number of nitrogens with zero attached hydrogens (tertiary/aromatic N) is 1. The number of imide groups is 1. The molecule has 0 bridgehead atoms. The Bertz CT molecular complexity index is 529. The van der Waals surface area contributed by atoms with Gasteiger partial charge in [0.1, 0.15) is 6.29 Å². The Hall–Kier alpha value is -2.87. The predicted molar refractivity (Wildman–Crippen MR) is 70.6 cm³/mol. The van der Waals surface area contributed by atoms with Crippen molar-refractivity contribution in [2.24, 2.45) is 0 Å². The average Bonchev–Trinajstić information content (AvgIpc) is 2.43. The van der Waals surface area contributed by atoms with E-state index in [1.807, 2.05) is 29.6 Å². The van der Waals surface area contributed by atoms with Crippen molar-refractivity contribution in [3.8, 4) is 12.5 Å². The molecular formula is C14H12N2O3. The maximum atomic E-state index is 11.8. The molecule has 0 saturated carbocycles. The summed E-state index contributed by atoms with van der Waals surface area (Å²) in [6.45, 7) is -0.356. The molecule has 0 saturated heterocycles. The van der Waals surface area contributed by atoms with E-state index in [1.54, 1.807) is 18.2 Å². The Morgan fingerprint density at radius 2 is 2.00 bits per heavy atom. The second-order valence-corrected chi connectivity index (χ2v) is 3.43. The smallest absolute Gasteiger partial charge is 0.301 e. The highest BCUT2D eigenvalue weighted by molar-refractivity contribution is 6.03. The van der Waals surface area contributed by atoms with Gasteiger partial charge >= 0.3 is 6.03 Å². The molecule has 0 unspecified atom stereocenters. The normalized spacial score (nSPS) is 9.63. The molecule has 1 N–H and O–H groups in total. The fraction of sp³-hybridized carbons (Fsp3) is 0.0714. The number of hydrogen-bond acceptors (Lipinski definition) is 3. The van der Waals surface area contributed by atoms with E-state index in [1.165, 1.54) is 6.08 Å². The molecule has 1 aromatic rings. The summed E-state index contributed by atoms with van der Waals surface area (Å²) in [5.74, 6) is -0.622. The van der Waals surface area contributed by atoms with Crippen molar-refractivity contribution < 1.29 is 14.4 Å². The lowest BCUT2D eigenvalue weighted by molar-refractivity contribution is -0.125. The molecule has 0 aliphatic heterocycles. The maximum absolute atomic E-state index is 11.8. The van der Waals surface area contributed by atoms with Gasteiger partial charge in [-0.25, -0.2) is 4.79 Å². The number of terminal acetylenes is 1. The molecule has 5 nitrogen and oxygen atoms in total. The van der Waals surface area contributed by atoms with Gasteiger partial charge in [-0.3, -0.25) is 15.0 Å². The quantitative estimate of drug-likeness (QED) is 0.378. The maximum Gasteiger partial charge on any atom is 0.336 e. The van der Waals surface area contributed by atoms with Crippen molar-refractivity contribution >= 4 is 24.3 Å². The molecule has 0 aliphatic carbocycles. The van der Waals surface area contributed by atoms with Gasteiger partial charge in [-0.1, -0.05) is 36.8 Å². The third kappa shape index (κ3) is 4.48. The third-order valence-corrected chi connectivity index (χ3v) is 2.17. The monoisotopic (exact) mass is 256 g/mol. The zero-order chi connectivity index (χ0) is 14.1. The molecule has 0 aromatic heterocycles. The molecule has 3 amide bonds. The number of amides is 3. The molecule has 0 fully saturated rings. The van der Waals surface area contributed by atoms with E-state index in [2.05, 4.69) is 0 Å². The van der Waals surface area contributed by atoms with Crippen molar-refractivity contribution in [1.29, 1.82) is 0 Å². The van der Waals surface area contributed by atoms with Crippen molar-refractivity contribution in [3.63, 3.8) is 0 Å². The van der Waals surface area contributed by atoms with Crippen LogP contribution >= 0.6 is 0 Å². The van der Waals surface area contributed by atoms with Gasteiger partial charge in [-0.15, -0.1) is 0 Å². The van der Waals surface area contributed by atoms with Crippen LogP contribution in [0.2, 0.25) is 0 Å². The predicted octanol–water partition coefficient (Wildman–Crippen LogP) is 1.03. The van der Waals surface area contributed by atoms with Crippen LogP contribution in [0, 0.1) is 12.5 Å². The van der Waals surface area contributed by atoms with E-state index in [9.17, 15) is 14.4 Å². The number of carbonyl (C=O) groups is 3. The first-order valence-electron chi connectivity index (χ1n) is 5.43. The molecule has 19 heavy (non-hydrogen) atoms. The van der Waals surface area contributed by atoms with Crippen LogP contribution in [0.15, 0.2) is 36.4 Å². The molecule has 5 heteroatoms. The van der Waals surface area contributed by atoms with Crippen LogP contribution in [0.1, 0.15) is 5.56 Å². The van der Waals surface area contributed by atoms with Gasteiger partial charge in [0.05, 0.1) is 6.54 Å². The van der Waals surface area contributed by atoms with Crippen molar-refractivity contribution in [1.82, 2.24) is 10.2 Å². The highest BCUT2D eigenvalue weighted by Gasteiger charge is 2.17. The van der Waals surface area contributed by atoms with Gasteiger partial charge < -0.3 is 4.79 Å². The van der Waals surface area contributed by atoms with E-state index in [0.717, 1.165) is 5.56 Å². The second kappa shape index (κ2) is 7.45. The van der Waals surface area contributed by atoms with Gasteiger partial charge in [-0.2, -0.15) is 0 Å². The van der Waals surface area contributed by atoms with Crippen LogP contribution < -0.4 is 5.32 Å². The van der Waals surface area contributed by atoms with Crippen molar-refractivity contribution in [2.75, 3.05) is 6.54 Å². The van der Waals surface area contributed by atoms with E-state index in [4.69, 9.17) is 6.42 Å². The first-order chi connectivity index (χ1) is 9.19. The molecule has 96 valence electrons. The van der Waals surface area contributed by atoms with E-state index in [0.29, 0.717) is 11.2 Å². The first kappa shape index (κ1) is 14.2. The molecular weight excluding hydrogens is 244 g/mol. The van der Waals surface area contributed by atoms with Crippen molar-refractivity contribution in [2.45, 2.75) is 0 Å². The van der Waals surface area contributed by atoms with E-state index >= 15 is 0 Å². The zero-order valence-corrected chi connectivity index (χ0v) is 10.1. The highest BCUT2D eigenvalue weighted by atomic mass is 16.2. The average molecular weight is 256 g/mol. The highest BCUT2D eigenvalue weighted by Crippen LogP contribution is 2.02. The van der Waals surface area contributed by atoms with Gasteiger partial charge in [0, 0.05) is 12.1 Å². The molecule has 0 heterocycles. The van der Waals surface area contributed by atoms with Crippen LogP contribution in [0.3, 0.4) is 0 Å². The minimum absolute atomic E-state index is 0.356. The van der Waals surface area contributed by atoms with Crippen LogP contribution in [-0.2, 0) is 9.59 Å². The summed E-state index contributed by atoms with van der Waals surface area (Å²) in [6, 6.07) is 10.2. The third-order valence-electron chi connectivity index (χ3n) is 2.17. The summed E-state index contributed by atoms with van der Waals surface area (Å²) in [7, 11) is 0. The number of urea groups is 1.